The number of carbonyl (C=O) groups is 2. The predicted octanol–water partition coefficient (Wildman–Crippen LogP) is 2.21. The van der Waals surface area contributed by atoms with Crippen molar-refractivity contribution in [2.75, 3.05) is 11.6 Å². The van der Waals surface area contributed by atoms with Crippen LogP contribution in [0.15, 0.2) is 24.3 Å². The molecule has 1 aliphatic rings. The van der Waals surface area contributed by atoms with E-state index in [1.165, 1.54) is 16.7 Å². The molecule has 1 N–H and O–H groups in total. The molecule has 1 saturated heterocycles. The number of nitrogens with zero attached hydrogens (tertiary/aromatic N) is 1. The lowest BCUT2D eigenvalue weighted by atomic mass is 10.1. The summed E-state index contributed by atoms with van der Waals surface area (Å²) in [6, 6.07) is 6.40. The van der Waals surface area contributed by atoms with Crippen LogP contribution < -0.4 is 0 Å². The Balaban J connectivity index is 2.04. The van der Waals surface area contributed by atoms with Crippen LogP contribution in [0, 0.1) is 0 Å². The van der Waals surface area contributed by atoms with Crippen LogP contribution in [-0.4, -0.2) is 45.7 Å². The second kappa shape index (κ2) is 6.95. The number of aliphatic carboxylic acids is 1. The minimum atomic E-state index is -0.949. The summed E-state index contributed by atoms with van der Waals surface area (Å²) >= 11 is 1.46. The molecule has 0 unspecified atom stereocenters. The number of carboxylic acids is 1. The van der Waals surface area contributed by atoms with E-state index in [1.807, 2.05) is 26.0 Å². The molecule has 1 aromatic carbocycles. The van der Waals surface area contributed by atoms with Crippen molar-refractivity contribution in [3.05, 3.63) is 35.4 Å². The molecule has 1 aromatic rings. The molecule has 0 spiro atoms. The minimum absolute atomic E-state index is 0.157. The van der Waals surface area contributed by atoms with E-state index in [9.17, 15) is 9.59 Å². The van der Waals surface area contributed by atoms with Crippen molar-refractivity contribution in [2.24, 2.45) is 0 Å². The molecule has 2 rings (SSSR count). The highest BCUT2D eigenvalue weighted by atomic mass is 32.2. The first kappa shape index (κ1) is 15.9. The molecule has 6 heteroatoms. The van der Waals surface area contributed by atoms with Crippen LogP contribution >= 0.6 is 11.8 Å². The molecule has 0 aliphatic carbocycles. The van der Waals surface area contributed by atoms with Crippen LogP contribution in [0.2, 0.25) is 0 Å². The molecule has 1 heterocycles. The zero-order valence-corrected chi connectivity index (χ0v) is 12.9. The van der Waals surface area contributed by atoms with Gasteiger partial charge >= 0.3 is 5.97 Å². The Kier molecular flexibility index (Phi) is 5.25. The Morgan fingerprint density at radius 3 is 2.62 bits per heavy atom. The van der Waals surface area contributed by atoms with Crippen LogP contribution in [0.25, 0.3) is 0 Å². The van der Waals surface area contributed by atoms with E-state index in [4.69, 9.17) is 9.84 Å². The van der Waals surface area contributed by atoms with Crippen molar-refractivity contribution >= 4 is 23.6 Å². The van der Waals surface area contributed by atoms with Crippen molar-refractivity contribution in [3.8, 4) is 0 Å². The van der Waals surface area contributed by atoms with Gasteiger partial charge in [-0.3, -0.25) is 4.79 Å². The topological polar surface area (TPSA) is 66.8 Å². The second-order valence-electron chi connectivity index (χ2n) is 5.19. The molecule has 1 atom stereocenters. The second-order valence-corrected chi connectivity index (χ2v) is 6.19. The van der Waals surface area contributed by atoms with E-state index in [0.717, 1.165) is 5.56 Å². The zero-order valence-electron chi connectivity index (χ0n) is 12.1. The van der Waals surface area contributed by atoms with Crippen molar-refractivity contribution in [2.45, 2.75) is 32.6 Å². The van der Waals surface area contributed by atoms with Crippen molar-refractivity contribution < 1.29 is 19.4 Å². The highest BCUT2D eigenvalue weighted by Crippen LogP contribution is 2.23. The maximum atomic E-state index is 12.4. The van der Waals surface area contributed by atoms with E-state index >= 15 is 0 Å². The molecule has 1 aliphatic heterocycles. The average Bonchev–Trinajstić information content (AvgIpc) is 2.94. The monoisotopic (exact) mass is 309 g/mol. The SMILES string of the molecule is CC(C)OCc1ccc(C(=O)N2CSC[C@H]2C(=O)O)cc1. The standard InChI is InChI=1S/C15H19NO4S/c1-10(2)20-7-11-3-5-12(6-4-11)14(17)16-9-21-8-13(16)15(18)19/h3-6,10,13H,7-9H2,1-2H3,(H,18,19)/t13-/m0/s1. The average molecular weight is 309 g/mol. The fourth-order valence-electron chi connectivity index (χ4n) is 2.02. The van der Waals surface area contributed by atoms with Gasteiger partial charge in [-0.1, -0.05) is 12.1 Å². The molecule has 5 nitrogen and oxygen atoms in total. The van der Waals surface area contributed by atoms with Gasteiger partial charge in [0.1, 0.15) is 6.04 Å². The maximum absolute atomic E-state index is 12.4. The molecule has 1 fully saturated rings. The van der Waals surface area contributed by atoms with Gasteiger partial charge in [0.2, 0.25) is 0 Å². The number of thioether (sulfide) groups is 1. The van der Waals surface area contributed by atoms with Crippen LogP contribution in [0.1, 0.15) is 29.8 Å². The first-order chi connectivity index (χ1) is 9.99. The minimum Gasteiger partial charge on any atom is -0.480 e. The summed E-state index contributed by atoms with van der Waals surface area (Å²) in [4.78, 5) is 24.9. The molecule has 0 saturated carbocycles. The van der Waals surface area contributed by atoms with Crippen molar-refractivity contribution in [1.82, 2.24) is 4.90 Å². The van der Waals surface area contributed by atoms with Gasteiger partial charge in [0.15, 0.2) is 0 Å². The highest BCUT2D eigenvalue weighted by molar-refractivity contribution is 7.99. The fourth-order valence-corrected chi connectivity index (χ4v) is 3.16. The van der Waals surface area contributed by atoms with E-state index in [1.54, 1.807) is 12.1 Å². The maximum Gasteiger partial charge on any atom is 0.327 e. The third-order valence-corrected chi connectivity index (χ3v) is 4.22. The van der Waals surface area contributed by atoms with Gasteiger partial charge in [-0.25, -0.2) is 4.79 Å². The number of hydrogen-bond acceptors (Lipinski definition) is 4. The lowest BCUT2D eigenvalue weighted by molar-refractivity contribution is -0.140. The van der Waals surface area contributed by atoms with Crippen molar-refractivity contribution in [3.63, 3.8) is 0 Å². The Labute approximate surface area is 128 Å². The molecule has 0 radical (unpaired) electrons. The number of rotatable bonds is 5. The summed E-state index contributed by atoms with van der Waals surface area (Å²) < 4.78 is 5.50. The summed E-state index contributed by atoms with van der Waals surface area (Å²) in [5.74, 6) is -0.311. The van der Waals surface area contributed by atoms with Crippen LogP contribution in [0.5, 0.6) is 0 Å². The van der Waals surface area contributed by atoms with E-state index in [2.05, 4.69) is 0 Å². The molecule has 114 valence electrons. The van der Waals surface area contributed by atoms with Crippen LogP contribution in [0.4, 0.5) is 0 Å². The van der Waals surface area contributed by atoms with Crippen molar-refractivity contribution in [1.29, 1.82) is 0 Å². The normalized spacial score (nSPS) is 18.2. The quantitative estimate of drug-likeness (QED) is 0.903. The van der Waals surface area contributed by atoms with Gasteiger partial charge in [-0.2, -0.15) is 0 Å². The first-order valence-corrected chi connectivity index (χ1v) is 7.96. The van der Waals surface area contributed by atoms with Gasteiger partial charge in [-0.15, -0.1) is 11.8 Å². The summed E-state index contributed by atoms with van der Waals surface area (Å²) in [5, 5.41) is 9.12. The Morgan fingerprint density at radius 2 is 2.05 bits per heavy atom. The Hall–Kier alpha value is -1.53. The van der Waals surface area contributed by atoms with E-state index in [-0.39, 0.29) is 12.0 Å². The first-order valence-electron chi connectivity index (χ1n) is 6.81. The summed E-state index contributed by atoms with van der Waals surface area (Å²) in [7, 11) is 0. The van der Waals surface area contributed by atoms with E-state index < -0.39 is 12.0 Å². The van der Waals surface area contributed by atoms with Crippen LogP contribution in [0.3, 0.4) is 0 Å². The van der Waals surface area contributed by atoms with Crippen LogP contribution in [-0.2, 0) is 16.1 Å². The number of amides is 1. The number of benzene rings is 1. The smallest absolute Gasteiger partial charge is 0.327 e. The highest BCUT2D eigenvalue weighted by Gasteiger charge is 2.34. The number of carboxylic acid groups (broad SMARTS) is 1. The lowest BCUT2D eigenvalue weighted by Gasteiger charge is -2.20. The largest absolute Gasteiger partial charge is 0.480 e. The zero-order chi connectivity index (χ0) is 15.4. The van der Waals surface area contributed by atoms with Gasteiger partial charge in [0, 0.05) is 11.3 Å². The predicted molar refractivity (Wildman–Crippen MR) is 81.3 cm³/mol. The lowest BCUT2D eigenvalue weighted by Crippen LogP contribution is -2.41. The number of hydrogen-bond donors (Lipinski definition) is 1. The molecular formula is C15H19NO4S. The number of ether oxygens (including phenoxy) is 1. The Morgan fingerprint density at radius 1 is 1.38 bits per heavy atom. The molecule has 1 amide bonds. The van der Waals surface area contributed by atoms with Gasteiger partial charge in [0.25, 0.3) is 5.91 Å². The molecule has 21 heavy (non-hydrogen) atoms. The summed E-state index contributed by atoms with van der Waals surface area (Å²) in [6.45, 7) is 4.44. The third-order valence-electron chi connectivity index (χ3n) is 3.21. The molecule has 0 aromatic heterocycles. The van der Waals surface area contributed by atoms with Gasteiger partial charge in [0.05, 0.1) is 18.6 Å². The number of carbonyl (C=O) groups excluding carboxylic acids is 1. The summed E-state index contributed by atoms with van der Waals surface area (Å²) in [6.07, 6.45) is 0.157. The third kappa shape index (κ3) is 3.98. The Bertz CT molecular complexity index is 515. The molecular weight excluding hydrogens is 290 g/mol. The summed E-state index contributed by atoms with van der Waals surface area (Å²) in [5.41, 5.74) is 1.50. The molecule has 0 bridgehead atoms. The van der Waals surface area contributed by atoms with Gasteiger partial charge in [-0.05, 0) is 31.5 Å². The van der Waals surface area contributed by atoms with Gasteiger partial charge < -0.3 is 14.7 Å². The van der Waals surface area contributed by atoms with E-state index in [0.29, 0.717) is 23.8 Å². The fraction of sp³-hybridized carbons (Fsp3) is 0.467.